The van der Waals surface area contributed by atoms with E-state index in [0.717, 1.165) is 23.3 Å². The standard InChI is InChI=1S/C21H23F3N4O2/c1-14-2-5-19(25-13-14)26-20(29)28-9-7-27(8-10-28)17-6-11-30-18-12-15(21(22,23)24)3-4-16(17)18/h2-5,12-13,17H,6-11H2,1H3,(H,25,26,29). The number of rotatable bonds is 2. The average Bonchev–Trinajstić information content (AvgIpc) is 2.74. The molecule has 30 heavy (non-hydrogen) atoms. The Balaban J connectivity index is 1.39. The van der Waals surface area contributed by atoms with Gasteiger partial charge in [0.1, 0.15) is 11.6 Å². The number of anilines is 1. The molecule has 0 bridgehead atoms. The number of aryl methyl sites for hydroxylation is 1. The van der Waals surface area contributed by atoms with E-state index >= 15 is 0 Å². The van der Waals surface area contributed by atoms with Gasteiger partial charge in [-0.25, -0.2) is 9.78 Å². The van der Waals surface area contributed by atoms with Crippen molar-refractivity contribution in [2.24, 2.45) is 0 Å². The summed E-state index contributed by atoms with van der Waals surface area (Å²) in [7, 11) is 0. The van der Waals surface area contributed by atoms with E-state index in [-0.39, 0.29) is 12.1 Å². The van der Waals surface area contributed by atoms with Crippen molar-refractivity contribution >= 4 is 11.8 Å². The van der Waals surface area contributed by atoms with Gasteiger partial charge in [0.25, 0.3) is 0 Å². The molecule has 0 saturated carbocycles. The lowest BCUT2D eigenvalue weighted by Gasteiger charge is -2.41. The highest BCUT2D eigenvalue weighted by atomic mass is 19.4. The molecule has 9 heteroatoms. The van der Waals surface area contributed by atoms with Crippen molar-refractivity contribution in [2.45, 2.75) is 25.6 Å². The average molecular weight is 420 g/mol. The van der Waals surface area contributed by atoms with E-state index in [9.17, 15) is 18.0 Å². The van der Waals surface area contributed by atoms with Crippen LogP contribution in [0.25, 0.3) is 0 Å². The number of amides is 2. The zero-order valence-corrected chi connectivity index (χ0v) is 16.6. The monoisotopic (exact) mass is 420 g/mol. The van der Waals surface area contributed by atoms with Crippen molar-refractivity contribution in [3.05, 3.63) is 53.2 Å². The third kappa shape index (κ3) is 4.35. The minimum Gasteiger partial charge on any atom is -0.493 e. The number of piperazine rings is 1. The number of alkyl halides is 3. The fourth-order valence-electron chi connectivity index (χ4n) is 3.89. The predicted molar refractivity (Wildman–Crippen MR) is 105 cm³/mol. The summed E-state index contributed by atoms with van der Waals surface area (Å²) in [6.45, 7) is 4.64. The number of nitrogens with zero attached hydrogens (tertiary/aromatic N) is 3. The van der Waals surface area contributed by atoms with Crippen LogP contribution in [0.15, 0.2) is 36.5 Å². The molecular formula is C21H23F3N4O2. The Labute approximate surface area is 172 Å². The lowest BCUT2D eigenvalue weighted by Crippen LogP contribution is -2.51. The summed E-state index contributed by atoms with van der Waals surface area (Å²) in [6.07, 6.45) is -1.99. The third-order valence-corrected chi connectivity index (χ3v) is 5.54. The Kier molecular flexibility index (Phi) is 5.55. The Morgan fingerprint density at radius 1 is 1.17 bits per heavy atom. The van der Waals surface area contributed by atoms with Crippen molar-refractivity contribution in [3.63, 3.8) is 0 Å². The molecule has 1 saturated heterocycles. The highest BCUT2D eigenvalue weighted by molar-refractivity contribution is 5.88. The molecule has 1 atom stereocenters. The van der Waals surface area contributed by atoms with Crippen LogP contribution in [-0.2, 0) is 6.18 Å². The molecule has 1 aromatic heterocycles. The number of hydrogen-bond acceptors (Lipinski definition) is 4. The first-order valence-electron chi connectivity index (χ1n) is 9.88. The molecule has 3 heterocycles. The molecule has 1 fully saturated rings. The maximum absolute atomic E-state index is 13.0. The van der Waals surface area contributed by atoms with Gasteiger partial charge in [0.2, 0.25) is 0 Å². The second-order valence-electron chi connectivity index (χ2n) is 7.58. The van der Waals surface area contributed by atoms with Gasteiger partial charge in [0.05, 0.1) is 12.2 Å². The summed E-state index contributed by atoms with van der Waals surface area (Å²) < 4.78 is 44.5. The summed E-state index contributed by atoms with van der Waals surface area (Å²) in [4.78, 5) is 20.6. The molecule has 1 unspecified atom stereocenters. The summed E-state index contributed by atoms with van der Waals surface area (Å²) >= 11 is 0. The van der Waals surface area contributed by atoms with Crippen LogP contribution in [0.4, 0.5) is 23.8 Å². The number of nitrogens with one attached hydrogen (secondary N) is 1. The van der Waals surface area contributed by atoms with Crippen molar-refractivity contribution < 1.29 is 22.7 Å². The zero-order valence-electron chi connectivity index (χ0n) is 16.6. The van der Waals surface area contributed by atoms with Gasteiger partial charge in [-0.3, -0.25) is 10.2 Å². The maximum Gasteiger partial charge on any atom is 0.416 e. The normalized spacial score (nSPS) is 19.7. The fraction of sp³-hybridized carbons (Fsp3) is 0.429. The highest BCUT2D eigenvalue weighted by Gasteiger charge is 2.35. The molecule has 2 aromatic rings. The minimum atomic E-state index is -4.39. The number of carbonyl (C=O) groups excluding carboxylic acids is 1. The second-order valence-corrected chi connectivity index (χ2v) is 7.58. The van der Waals surface area contributed by atoms with Crippen LogP contribution < -0.4 is 10.1 Å². The first-order valence-corrected chi connectivity index (χ1v) is 9.88. The summed E-state index contributed by atoms with van der Waals surface area (Å²) in [5.41, 5.74) is 1.09. The van der Waals surface area contributed by atoms with E-state index in [4.69, 9.17) is 4.74 Å². The Morgan fingerprint density at radius 3 is 2.60 bits per heavy atom. The molecule has 2 aliphatic heterocycles. The Morgan fingerprint density at radius 2 is 1.93 bits per heavy atom. The molecule has 1 aromatic carbocycles. The lowest BCUT2D eigenvalue weighted by molar-refractivity contribution is -0.137. The number of carbonyl (C=O) groups is 1. The molecule has 6 nitrogen and oxygen atoms in total. The van der Waals surface area contributed by atoms with Crippen molar-refractivity contribution in [2.75, 3.05) is 38.1 Å². The number of urea groups is 1. The summed E-state index contributed by atoms with van der Waals surface area (Å²) in [5, 5.41) is 2.80. The SMILES string of the molecule is Cc1ccc(NC(=O)N2CCN(C3CCOc4cc(C(F)(F)F)ccc43)CC2)nc1. The molecule has 2 amide bonds. The van der Waals surface area contributed by atoms with Crippen molar-refractivity contribution in [1.82, 2.24) is 14.8 Å². The maximum atomic E-state index is 13.0. The number of pyridine rings is 1. The van der Waals surface area contributed by atoms with E-state index in [0.29, 0.717) is 50.8 Å². The van der Waals surface area contributed by atoms with E-state index < -0.39 is 11.7 Å². The first kappa shape index (κ1) is 20.5. The van der Waals surface area contributed by atoms with Crippen LogP contribution in [0.3, 0.4) is 0 Å². The summed E-state index contributed by atoms with van der Waals surface area (Å²) in [6, 6.07) is 7.14. The van der Waals surface area contributed by atoms with E-state index in [2.05, 4.69) is 15.2 Å². The number of hydrogen-bond donors (Lipinski definition) is 1. The quantitative estimate of drug-likeness (QED) is 0.796. The Hall–Kier alpha value is -2.81. The van der Waals surface area contributed by atoms with Gasteiger partial charge in [0.15, 0.2) is 0 Å². The largest absolute Gasteiger partial charge is 0.493 e. The smallest absolute Gasteiger partial charge is 0.416 e. The zero-order chi connectivity index (χ0) is 21.3. The van der Waals surface area contributed by atoms with Crippen LogP contribution in [0, 0.1) is 6.92 Å². The number of benzene rings is 1. The number of fused-ring (bicyclic) bond motifs is 1. The van der Waals surface area contributed by atoms with E-state index in [1.807, 2.05) is 13.0 Å². The molecule has 1 N–H and O–H groups in total. The van der Waals surface area contributed by atoms with Gasteiger partial charge in [-0.2, -0.15) is 13.2 Å². The molecular weight excluding hydrogens is 397 g/mol. The number of halogens is 3. The van der Waals surface area contributed by atoms with Crippen LogP contribution in [0.5, 0.6) is 5.75 Å². The van der Waals surface area contributed by atoms with Crippen molar-refractivity contribution in [1.29, 1.82) is 0 Å². The van der Waals surface area contributed by atoms with E-state index in [1.54, 1.807) is 17.2 Å². The predicted octanol–water partition coefficient (Wildman–Crippen LogP) is 4.08. The van der Waals surface area contributed by atoms with Gasteiger partial charge in [0, 0.05) is 50.4 Å². The number of ether oxygens (including phenoxy) is 1. The molecule has 0 spiro atoms. The fourth-order valence-corrected chi connectivity index (χ4v) is 3.89. The molecule has 4 rings (SSSR count). The van der Waals surface area contributed by atoms with Gasteiger partial charge in [-0.15, -0.1) is 0 Å². The molecule has 2 aliphatic rings. The van der Waals surface area contributed by atoms with Gasteiger partial charge >= 0.3 is 12.2 Å². The molecule has 0 radical (unpaired) electrons. The van der Waals surface area contributed by atoms with Gasteiger partial charge in [-0.05, 0) is 30.7 Å². The topological polar surface area (TPSA) is 57.7 Å². The van der Waals surface area contributed by atoms with Gasteiger partial charge in [-0.1, -0.05) is 12.1 Å². The minimum absolute atomic E-state index is 0.0139. The first-order chi connectivity index (χ1) is 14.3. The molecule has 0 aliphatic carbocycles. The number of aromatic nitrogens is 1. The van der Waals surface area contributed by atoms with Gasteiger partial charge < -0.3 is 9.64 Å². The van der Waals surface area contributed by atoms with Crippen LogP contribution in [0.1, 0.15) is 29.2 Å². The van der Waals surface area contributed by atoms with Crippen LogP contribution in [0.2, 0.25) is 0 Å². The highest BCUT2D eigenvalue weighted by Crippen LogP contribution is 2.40. The second kappa shape index (κ2) is 8.14. The Bertz CT molecular complexity index is 909. The van der Waals surface area contributed by atoms with E-state index in [1.165, 1.54) is 6.07 Å². The third-order valence-electron chi connectivity index (χ3n) is 5.54. The van der Waals surface area contributed by atoms with Crippen LogP contribution >= 0.6 is 0 Å². The lowest BCUT2D eigenvalue weighted by atomic mass is 9.96. The van der Waals surface area contributed by atoms with Crippen LogP contribution in [-0.4, -0.2) is 53.6 Å². The van der Waals surface area contributed by atoms with Crippen molar-refractivity contribution in [3.8, 4) is 5.75 Å². The summed E-state index contributed by atoms with van der Waals surface area (Å²) in [5.74, 6) is 0.804. The molecule has 160 valence electrons.